The number of halogens is 3. The van der Waals surface area contributed by atoms with E-state index in [1.165, 1.54) is 23.7 Å². The summed E-state index contributed by atoms with van der Waals surface area (Å²) in [7, 11) is 1.24. The molecule has 2 N–H and O–H groups in total. The highest BCUT2D eigenvalue weighted by molar-refractivity contribution is 7.11. The first kappa shape index (κ1) is 19.3. The van der Waals surface area contributed by atoms with Crippen LogP contribution in [0.15, 0.2) is 17.8 Å². The summed E-state index contributed by atoms with van der Waals surface area (Å²) in [5, 5.41) is 15.9. The number of β-amino-alcohol motifs (C(OH)–C–C–N with tert-alkyl or cyclic N) is 1. The number of carbonyl (C=O) groups is 2. The van der Waals surface area contributed by atoms with Gasteiger partial charge >= 0.3 is 6.18 Å². The fourth-order valence-electron chi connectivity index (χ4n) is 2.90. The Kier molecular flexibility index (Phi) is 5.20. The number of aromatic nitrogens is 3. The summed E-state index contributed by atoms with van der Waals surface area (Å²) in [6.07, 6.45) is -3.92. The normalized spacial score (nSPS) is 20.6. The van der Waals surface area contributed by atoms with E-state index in [0.717, 1.165) is 16.0 Å². The molecule has 1 aliphatic rings. The van der Waals surface area contributed by atoms with Crippen molar-refractivity contribution >= 4 is 23.2 Å². The zero-order valence-electron chi connectivity index (χ0n) is 14.1. The molecule has 3 heterocycles. The predicted octanol–water partition coefficient (Wildman–Crippen LogP) is 0.901. The predicted molar refractivity (Wildman–Crippen MR) is 88.1 cm³/mol. The van der Waals surface area contributed by atoms with Gasteiger partial charge in [-0.3, -0.25) is 19.3 Å². The lowest BCUT2D eigenvalue weighted by Gasteiger charge is -2.35. The highest BCUT2D eigenvalue weighted by Gasteiger charge is 2.36. The Morgan fingerprint density at radius 2 is 2.11 bits per heavy atom. The first-order valence-electron chi connectivity index (χ1n) is 7.93. The number of hydrogen-bond donors (Lipinski definition) is 2. The lowest BCUT2D eigenvalue weighted by Crippen LogP contribution is -2.54. The van der Waals surface area contributed by atoms with Crippen LogP contribution in [-0.2, 0) is 13.2 Å². The number of likely N-dealkylation sites (tertiary alicyclic amines) is 1. The summed E-state index contributed by atoms with van der Waals surface area (Å²) in [4.78, 5) is 30.4. The molecule has 0 bridgehead atoms. The standard InChI is InChI=1S/C15H16F3N5O3S/c1-22-10(3-12(21-22)15(16,17)18)13(25)20-8-2-9(24)6-23(5-8)14(26)11-4-19-7-27-11/h3-4,7-9,24H,2,5-6H2,1H3,(H,20,25)/t8-,9+/m0/s1. The van der Waals surface area contributed by atoms with Gasteiger partial charge in [-0.15, -0.1) is 11.3 Å². The van der Waals surface area contributed by atoms with E-state index in [4.69, 9.17) is 0 Å². The van der Waals surface area contributed by atoms with Gasteiger partial charge in [-0.05, 0) is 6.42 Å². The molecule has 2 amide bonds. The molecule has 1 fully saturated rings. The molecule has 8 nitrogen and oxygen atoms in total. The molecule has 2 aromatic heterocycles. The second-order valence-electron chi connectivity index (χ2n) is 6.17. The number of aliphatic hydroxyl groups is 1. The number of carbonyl (C=O) groups excluding carboxylic acids is 2. The van der Waals surface area contributed by atoms with E-state index < -0.39 is 29.9 Å². The number of nitrogens with one attached hydrogen (secondary N) is 1. The van der Waals surface area contributed by atoms with Crippen LogP contribution in [0.4, 0.5) is 13.2 Å². The highest BCUT2D eigenvalue weighted by atomic mass is 32.1. The maximum absolute atomic E-state index is 12.7. The van der Waals surface area contributed by atoms with Gasteiger partial charge in [0.05, 0.1) is 17.8 Å². The van der Waals surface area contributed by atoms with Gasteiger partial charge < -0.3 is 15.3 Å². The summed E-state index contributed by atoms with van der Waals surface area (Å²) in [6.45, 7) is 0.233. The van der Waals surface area contributed by atoms with Crippen LogP contribution in [0.25, 0.3) is 0 Å². The average Bonchev–Trinajstić information content (AvgIpc) is 3.22. The molecule has 0 aromatic carbocycles. The number of amides is 2. The molecule has 12 heteroatoms. The van der Waals surface area contributed by atoms with E-state index >= 15 is 0 Å². The molecule has 0 unspecified atom stereocenters. The summed E-state index contributed by atoms with van der Waals surface area (Å²) in [5.74, 6) is -1.08. The van der Waals surface area contributed by atoms with Crippen molar-refractivity contribution in [3.05, 3.63) is 34.0 Å². The molecule has 0 saturated carbocycles. The SMILES string of the molecule is Cn1nc(C(F)(F)F)cc1C(=O)N[C@H]1C[C@@H](O)CN(C(=O)c2cncs2)C1. The molecule has 3 rings (SSSR count). The third-order valence-electron chi connectivity index (χ3n) is 4.10. The summed E-state index contributed by atoms with van der Waals surface area (Å²) < 4.78 is 39.1. The number of hydrogen-bond acceptors (Lipinski definition) is 6. The second kappa shape index (κ2) is 7.27. The van der Waals surface area contributed by atoms with Crippen LogP contribution in [0, 0.1) is 0 Å². The quantitative estimate of drug-likeness (QED) is 0.793. The minimum Gasteiger partial charge on any atom is -0.391 e. The molecule has 1 saturated heterocycles. The van der Waals surface area contributed by atoms with Gasteiger partial charge in [0.1, 0.15) is 10.6 Å². The first-order chi connectivity index (χ1) is 12.6. The van der Waals surface area contributed by atoms with Crippen molar-refractivity contribution in [2.24, 2.45) is 7.05 Å². The van der Waals surface area contributed by atoms with Crippen molar-refractivity contribution < 1.29 is 27.9 Å². The largest absolute Gasteiger partial charge is 0.435 e. The third-order valence-corrected chi connectivity index (χ3v) is 4.86. The van der Waals surface area contributed by atoms with Gasteiger partial charge in [0, 0.05) is 32.2 Å². The number of nitrogens with zero attached hydrogens (tertiary/aromatic N) is 4. The molecule has 1 aliphatic heterocycles. The number of thiazole rings is 1. The van der Waals surface area contributed by atoms with Crippen LogP contribution >= 0.6 is 11.3 Å². The van der Waals surface area contributed by atoms with E-state index in [1.807, 2.05) is 0 Å². The first-order valence-corrected chi connectivity index (χ1v) is 8.81. The molecule has 0 aliphatic carbocycles. The average molecular weight is 403 g/mol. The maximum Gasteiger partial charge on any atom is 0.435 e. The van der Waals surface area contributed by atoms with Crippen molar-refractivity contribution in [1.82, 2.24) is 25.0 Å². The van der Waals surface area contributed by atoms with E-state index in [9.17, 15) is 27.9 Å². The number of alkyl halides is 3. The minimum atomic E-state index is -4.66. The van der Waals surface area contributed by atoms with Crippen LogP contribution in [0.1, 0.15) is 32.3 Å². The number of aryl methyl sites for hydroxylation is 1. The Morgan fingerprint density at radius 3 is 2.70 bits per heavy atom. The van der Waals surface area contributed by atoms with Gasteiger partial charge in [0.2, 0.25) is 0 Å². The van der Waals surface area contributed by atoms with E-state index in [2.05, 4.69) is 15.4 Å². The van der Waals surface area contributed by atoms with Crippen molar-refractivity contribution in [3.63, 3.8) is 0 Å². The van der Waals surface area contributed by atoms with Gasteiger partial charge in [0.15, 0.2) is 5.69 Å². The summed E-state index contributed by atoms with van der Waals surface area (Å²) in [5.41, 5.74) is 0.0802. The Morgan fingerprint density at radius 1 is 1.37 bits per heavy atom. The Bertz CT molecular complexity index is 836. The Hall–Kier alpha value is -2.47. The smallest absolute Gasteiger partial charge is 0.391 e. The second-order valence-corrected chi connectivity index (χ2v) is 7.06. The molecular formula is C15H16F3N5O3S. The number of piperidine rings is 1. The molecule has 2 atom stereocenters. The van der Waals surface area contributed by atoms with Gasteiger partial charge in [-0.25, -0.2) is 0 Å². The molecule has 27 heavy (non-hydrogen) atoms. The van der Waals surface area contributed by atoms with Crippen LogP contribution in [0.5, 0.6) is 0 Å². The van der Waals surface area contributed by atoms with Crippen molar-refractivity contribution in [2.75, 3.05) is 13.1 Å². The molecule has 2 aromatic rings. The lowest BCUT2D eigenvalue weighted by atomic mass is 10.0. The topological polar surface area (TPSA) is 100 Å². The van der Waals surface area contributed by atoms with Crippen molar-refractivity contribution in [1.29, 1.82) is 0 Å². The number of rotatable bonds is 3. The number of aliphatic hydroxyl groups excluding tert-OH is 1. The molecule has 0 radical (unpaired) electrons. The lowest BCUT2D eigenvalue weighted by molar-refractivity contribution is -0.141. The summed E-state index contributed by atoms with van der Waals surface area (Å²) >= 11 is 1.16. The highest BCUT2D eigenvalue weighted by Crippen LogP contribution is 2.28. The maximum atomic E-state index is 12.7. The van der Waals surface area contributed by atoms with Crippen LogP contribution in [0.2, 0.25) is 0 Å². The van der Waals surface area contributed by atoms with E-state index in [1.54, 1.807) is 0 Å². The van der Waals surface area contributed by atoms with Crippen LogP contribution in [0.3, 0.4) is 0 Å². The zero-order chi connectivity index (χ0) is 19.8. The van der Waals surface area contributed by atoms with Crippen LogP contribution < -0.4 is 5.32 Å². The molecular weight excluding hydrogens is 387 g/mol. The Labute approximate surface area is 155 Å². The van der Waals surface area contributed by atoms with Crippen molar-refractivity contribution in [3.8, 4) is 0 Å². The molecule has 146 valence electrons. The Balaban J connectivity index is 1.70. The fraction of sp³-hybridized carbons (Fsp3) is 0.467. The van der Waals surface area contributed by atoms with Gasteiger partial charge in [0.25, 0.3) is 11.8 Å². The van der Waals surface area contributed by atoms with E-state index in [-0.39, 0.29) is 31.1 Å². The fourth-order valence-corrected chi connectivity index (χ4v) is 3.48. The van der Waals surface area contributed by atoms with Crippen LogP contribution in [-0.4, -0.2) is 61.8 Å². The third kappa shape index (κ3) is 4.27. The monoisotopic (exact) mass is 403 g/mol. The molecule has 0 spiro atoms. The van der Waals surface area contributed by atoms with Gasteiger partial charge in [-0.1, -0.05) is 0 Å². The minimum absolute atomic E-state index is 0.104. The zero-order valence-corrected chi connectivity index (χ0v) is 14.9. The van der Waals surface area contributed by atoms with Crippen molar-refractivity contribution in [2.45, 2.75) is 24.7 Å². The van der Waals surface area contributed by atoms with E-state index in [0.29, 0.717) is 10.9 Å². The summed E-state index contributed by atoms with van der Waals surface area (Å²) in [6, 6.07) is 0.0526. The van der Waals surface area contributed by atoms with Gasteiger partial charge in [-0.2, -0.15) is 18.3 Å².